The third-order valence-corrected chi connectivity index (χ3v) is 3.43. The van der Waals surface area contributed by atoms with E-state index in [1.54, 1.807) is 0 Å². The fourth-order valence-corrected chi connectivity index (χ4v) is 2.67. The molecule has 0 aromatic heterocycles. The van der Waals surface area contributed by atoms with Gasteiger partial charge in [0.2, 0.25) is 0 Å². The molecule has 1 saturated heterocycles. The van der Waals surface area contributed by atoms with E-state index in [1.807, 2.05) is 6.92 Å². The van der Waals surface area contributed by atoms with Crippen LogP contribution in [0.3, 0.4) is 0 Å². The van der Waals surface area contributed by atoms with Crippen molar-refractivity contribution in [1.29, 1.82) is 0 Å². The van der Waals surface area contributed by atoms with E-state index in [2.05, 4.69) is 36.0 Å². The second-order valence-corrected chi connectivity index (χ2v) is 5.66. The molecule has 1 aliphatic heterocycles. The molecular formula is C15H32IN3O. The second-order valence-electron chi connectivity index (χ2n) is 5.66. The summed E-state index contributed by atoms with van der Waals surface area (Å²) in [4.78, 5) is 7.06. The van der Waals surface area contributed by atoms with E-state index < -0.39 is 0 Å². The van der Waals surface area contributed by atoms with Crippen molar-refractivity contribution < 1.29 is 4.74 Å². The van der Waals surface area contributed by atoms with Crippen LogP contribution in [-0.2, 0) is 4.74 Å². The highest BCUT2D eigenvalue weighted by molar-refractivity contribution is 14.0. The molecule has 1 heterocycles. The lowest BCUT2D eigenvalue weighted by Crippen LogP contribution is -2.40. The van der Waals surface area contributed by atoms with E-state index in [-0.39, 0.29) is 24.0 Å². The largest absolute Gasteiger partial charge is 0.380 e. The van der Waals surface area contributed by atoms with Gasteiger partial charge >= 0.3 is 0 Å². The Morgan fingerprint density at radius 1 is 1.40 bits per heavy atom. The number of guanidine groups is 1. The van der Waals surface area contributed by atoms with Gasteiger partial charge < -0.3 is 15.0 Å². The van der Waals surface area contributed by atoms with E-state index in [4.69, 9.17) is 4.74 Å². The van der Waals surface area contributed by atoms with Crippen LogP contribution in [-0.4, -0.2) is 50.3 Å². The Morgan fingerprint density at radius 3 is 2.75 bits per heavy atom. The average Bonchev–Trinajstić information content (AvgIpc) is 2.80. The summed E-state index contributed by atoms with van der Waals surface area (Å²) < 4.78 is 5.35. The minimum Gasteiger partial charge on any atom is -0.380 e. The molecule has 0 saturated carbocycles. The highest BCUT2D eigenvalue weighted by atomic mass is 127. The van der Waals surface area contributed by atoms with Crippen LogP contribution in [0.5, 0.6) is 0 Å². The van der Waals surface area contributed by atoms with Crippen molar-refractivity contribution in [2.75, 3.05) is 39.4 Å². The predicted molar refractivity (Wildman–Crippen MR) is 97.0 cm³/mol. The first-order valence-electron chi connectivity index (χ1n) is 7.78. The standard InChI is InChI=1S/C15H31N3O.HI/c1-5-16-15(17-8-10-19-6-2)18-9-7-14(12-18)11-13(3)4;/h13-14H,5-12H2,1-4H3,(H,16,17);1H. The number of aliphatic imine (C=N–C) groups is 1. The van der Waals surface area contributed by atoms with E-state index >= 15 is 0 Å². The molecule has 0 aromatic rings. The minimum atomic E-state index is 0. The molecule has 1 aliphatic rings. The summed E-state index contributed by atoms with van der Waals surface area (Å²) in [7, 11) is 0. The van der Waals surface area contributed by atoms with Crippen LogP contribution in [0.25, 0.3) is 0 Å². The summed E-state index contributed by atoms with van der Waals surface area (Å²) in [5, 5.41) is 3.40. The van der Waals surface area contributed by atoms with Crippen molar-refractivity contribution in [2.24, 2.45) is 16.8 Å². The third kappa shape index (κ3) is 7.67. The number of halogens is 1. The van der Waals surface area contributed by atoms with Crippen LogP contribution < -0.4 is 5.32 Å². The maximum atomic E-state index is 5.35. The van der Waals surface area contributed by atoms with Gasteiger partial charge in [-0.2, -0.15) is 0 Å². The van der Waals surface area contributed by atoms with E-state index in [0.717, 1.165) is 50.6 Å². The van der Waals surface area contributed by atoms with E-state index in [1.165, 1.54) is 12.8 Å². The first-order valence-corrected chi connectivity index (χ1v) is 7.78. The Hall–Kier alpha value is -0.0400. The van der Waals surface area contributed by atoms with Crippen LogP contribution >= 0.6 is 24.0 Å². The summed E-state index contributed by atoms with van der Waals surface area (Å²) in [5.74, 6) is 2.69. The van der Waals surface area contributed by atoms with Crippen molar-refractivity contribution in [3.63, 3.8) is 0 Å². The number of likely N-dealkylation sites (tertiary alicyclic amines) is 1. The predicted octanol–water partition coefficient (Wildman–Crippen LogP) is 2.97. The average molecular weight is 397 g/mol. The molecule has 4 nitrogen and oxygen atoms in total. The van der Waals surface area contributed by atoms with E-state index in [0.29, 0.717) is 6.61 Å². The molecule has 0 bridgehead atoms. The SMILES string of the molecule is CCNC(=NCCOCC)N1CCC(CC(C)C)C1.I. The van der Waals surface area contributed by atoms with Crippen molar-refractivity contribution in [2.45, 2.75) is 40.5 Å². The molecule has 1 atom stereocenters. The van der Waals surface area contributed by atoms with Gasteiger partial charge in [0, 0.05) is 26.2 Å². The third-order valence-electron chi connectivity index (χ3n) is 3.43. The number of hydrogen-bond donors (Lipinski definition) is 1. The van der Waals surface area contributed by atoms with Crippen LogP contribution in [0.1, 0.15) is 40.5 Å². The Labute approximate surface area is 141 Å². The van der Waals surface area contributed by atoms with Crippen LogP contribution in [0.2, 0.25) is 0 Å². The number of rotatable bonds is 7. The summed E-state index contributed by atoms with van der Waals surface area (Å²) in [6.07, 6.45) is 2.63. The molecule has 1 N–H and O–H groups in total. The monoisotopic (exact) mass is 397 g/mol. The minimum absolute atomic E-state index is 0. The molecule has 0 amide bonds. The smallest absolute Gasteiger partial charge is 0.194 e. The van der Waals surface area contributed by atoms with Crippen molar-refractivity contribution in [1.82, 2.24) is 10.2 Å². The molecule has 1 fully saturated rings. The zero-order valence-corrected chi connectivity index (χ0v) is 15.9. The van der Waals surface area contributed by atoms with Crippen molar-refractivity contribution in [3.8, 4) is 0 Å². The molecule has 0 radical (unpaired) electrons. The molecule has 0 spiro atoms. The van der Waals surface area contributed by atoms with Gasteiger partial charge in [-0.05, 0) is 38.5 Å². The number of hydrogen-bond acceptors (Lipinski definition) is 2. The van der Waals surface area contributed by atoms with Gasteiger partial charge in [-0.25, -0.2) is 0 Å². The highest BCUT2D eigenvalue weighted by Crippen LogP contribution is 2.23. The number of nitrogens with one attached hydrogen (secondary N) is 1. The Bertz CT molecular complexity index is 272. The topological polar surface area (TPSA) is 36.9 Å². The quantitative estimate of drug-likeness (QED) is 0.311. The lowest BCUT2D eigenvalue weighted by Gasteiger charge is -2.22. The van der Waals surface area contributed by atoms with Crippen molar-refractivity contribution >= 4 is 29.9 Å². The van der Waals surface area contributed by atoms with Crippen LogP contribution in [0, 0.1) is 11.8 Å². The van der Waals surface area contributed by atoms with Gasteiger partial charge in [0.15, 0.2) is 5.96 Å². The first-order chi connectivity index (χ1) is 9.17. The molecule has 1 rings (SSSR count). The second kappa shape index (κ2) is 11.6. The molecular weight excluding hydrogens is 365 g/mol. The molecule has 120 valence electrons. The number of nitrogens with zero attached hydrogens (tertiary/aromatic N) is 2. The number of ether oxygens (including phenoxy) is 1. The maximum Gasteiger partial charge on any atom is 0.194 e. The summed E-state index contributed by atoms with van der Waals surface area (Å²) in [6, 6.07) is 0. The highest BCUT2D eigenvalue weighted by Gasteiger charge is 2.25. The fourth-order valence-electron chi connectivity index (χ4n) is 2.67. The lowest BCUT2D eigenvalue weighted by molar-refractivity contribution is 0.155. The van der Waals surface area contributed by atoms with Gasteiger partial charge in [0.25, 0.3) is 0 Å². The normalized spacial score (nSPS) is 19.4. The fraction of sp³-hybridized carbons (Fsp3) is 0.933. The lowest BCUT2D eigenvalue weighted by atomic mass is 9.97. The van der Waals surface area contributed by atoms with Gasteiger partial charge in [0.05, 0.1) is 13.2 Å². The maximum absolute atomic E-state index is 5.35. The van der Waals surface area contributed by atoms with Gasteiger partial charge in [0.1, 0.15) is 0 Å². The zero-order chi connectivity index (χ0) is 14.1. The van der Waals surface area contributed by atoms with Crippen molar-refractivity contribution in [3.05, 3.63) is 0 Å². The Balaban J connectivity index is 0.00000361. The summed E-state index contributed by atoms with van der Waals surface area (Å²) >= 11 is 0. The van der Waals surface area contributed by atoms with E-state index in [9.17, 15) is 0 Å². The van der Waals surface area contributed by atoms with Crippen LogP contribution in [0.4, 0.5) is 0 Å². The zero-order valence-electron chi connectivity index (χ0n) is 13.5. The first kappa shape index (κ1) is 20.0. The summed E-state index contributed by atoms with van der Waals surface area (Å²) in [5.41, 5.74) is 0. The van der Waals surface area contributed by atoms with Gasteiger partial charge in [-0.1, -0.05) is 13.8 Å². The molecule has 1 unspecified atom stereocenters. The molecule has 0 aliphatic carbocycles. The molecule has 20 heavy (non-hydrogen) atoms. The summed E-state index contributed by atoms with van der Waals surface area (Å²) in [6.45, 7) is 14.2. The molecule has 5 heteroatoms. The van der Waals surface area contributed by atoms with Crippen LogP contribution in [0.15, 0.2) is 4.99 Å². The Morgan fingerprint density at radius 2 is 2.15 bits per heavy atom. The van der Waals surface area contributed by atoms with Gasteiger partial charge in [-0.3, -0.25) is 4.99 Å². The molecule has 0 aromatic carbocycles. The van der Waals surface area contributed by atoms with Gasteiger partial charge in [-0.15, -0.1) is 24.0 Å². The Kier molecular flexibility index (Phi) is 11.6.